The highest BCUT2D eigenvalue weighted by Crippen LogP contribution is 2.21. The van der Waals surface area contributed by atoms with Crippen LogP contribution in [0.5, 0.6) is 0 Å². The molecule has 0 radical (unpaired) electrons. The standard InChI is InChI=1S/C14H16N4O2S/c19-21(20,18-9-1-2-10-18)13-3-4-14(16-11-13)17-12-5-7-15-8-6-12/h3-8,11H,1-2,9-10H2,(H,15,16,17). The zero-order valence-electron chi connectivity index (χ0n) is 11.4. The van der Waals surface area contributed by atoms with Gasteiger partial charge in [-0.05, 0) is 37.1 Å². The van der Waals surface area contributed by atoms with Crippen molar-refractivity contribution in [3.05, 3.63) is 42.9 Å². The third kappa shape index (κ3) is 3.03. The topological polar surface area (TPSA) is 75.2 Å². The molecule has 0 spiro atoms. The summed E-state index contributed by atoms with van der Waals surface area (Å²) < 4.78 is 26.2. The highest BCUT2D eigenvalue weighted by atomic mass is 32.2. The molecule has 110 valence electrons. The monoisotopic (exact) mass is 304 g/mol. The lowest BCUT2D eigenvalue weighted by Crippen LogP contribution is -2.27. The van der Waals surface area contributed by atoms with E-state index in [-0.39, 0.29) is 4.90 Å². The van der Waals surface area contributed by atoms with E-state index in [1.807, 2.05) is 12.1 Å². The zero-order chi connectivity index (χ0) is 14.7. The summed E-state index contributed by atoms with van der Waals surface area (Å²) in [5.74, 6) is 0.599. The Morgan fingerprint density at radius 1 is 1.05 bits per heavy atom. The Bertz CT molecular complexity index is 696. The van der Waals surface area contributed by atoms with E-state index < -0.39 is 10.0 Å². The fourth-order valence-electron chi connectivity index (χ4n) is 2.27. The Balaban J connectivity index is 1.78. The summed E-state index contributed by atoms with van der Waals surface area (Å²) >= 11 is 0. The fourth-order valence-corrected chi connectivity index (χ4v) is 3.73. The second-order valence-corrected chi connectivity index (χ2v) is 6.79. The predicted molar refractivity (Wildman–Crippen MR) is 79.7 cm³/mol. The van der Waals surface area contributed by atoms with Gasteiger partial charge in [0.1, 0.15) is 10.7 Å². The Kier molecular flexibility index (Phi) is 3.85. The number of nitrogens with one attached hydrogen (secondary N) is 1. The third-order valence-electron chi connectivity index (χ3n) is 3.39. The zero-order valence-corrected chi connectivity index (χ0v) is 12.3. The SMILES string of the molecule is O=S(=O)(c1ccc(Nc2ccncc2)nc1)N1CCCC1. The van der Waals surface area contributed by atoms with Crippen molar-refractivity contribution in [1.29, 1.82) is 0 Å². The summed E-state index contributed by atoms with van der Waals surface area (Å²) in [4.78, 5) is 8.35. The number of hydrogen-bond acceptors (Lipinski definition) is 5. The number of anilines is 2. The molecule has 0 unspecified atom stereocenters. The van der Waals surface area contributed by atoms with Gasteiger partial charge >= 0.3 is 0 Å². The molecule has 0 bridgehead atoms. The van der Waals surface area contributed by atoms with Crippen molar-refractivity contribution in [3.8, 4) is 0 Å². The highest BCUT2D eigenvalue weighted by Gasteiger charge is 2.27. The van der Waals surface area contributed by atoms with Crippen LogP contribution in [-0.4, -0.2) is 35.8 Å². The summed E-state index contributed by atoms with van der Waals surface area (Å²) in [5, 5.41) is 3.09. The molecule has 6 nitrogen and oxygen atoms in total. The lowest BCUT2D eigenvalue weighted by Gasteiger charge is -2.15. The van der Waals surface area contributed by atoms with Crippen molar-refractivity contribution < 1.29 is 8.42 Å². The van der Waals surface area contributed by atoms with Crippen LogP contribution in [0.3, 0.4) is 0 Å². The second-order valence-electron chi connectivity index (χ2n) is 4.85. The molecular weight excluding hydrogens is 288 g/mol. The van der Waals surface area contributed by atoms with Crippen LogP contribution in [0.1, 0.15) is 12.8 Å². The van der Waals surface area contributed by atoms with Crippen LogP contribution in [0.15, 0.2) is 47.8 Å². The van der Waals surface area contributed by atoms with Gasteiger partial charge in [0, 0.05) is 37.4 Å². The smallest absolute Gasteiger partial charge is 0.244 e. The number of sulfonamides is 1. The fraction of sp³-hybridized carbons (Fsp3) is 0.286. The van der Waals surface area contributed by atoms with E-state index in [0.717, 1.165) is 18.5 Å². The van der Waals surface area contributed by atoms with Gasteiger partial charge in [0.15, 0.2) is 0 Å². The van der Waals surface area contributed by atoms with Crippen molar-refractivity contribution in [1.82, 2.24) is 14.3 Å². The molecule has 1 aliphatic rings. The lowest BCUT2D eigenvalue weighted by molar-refractivity contribution is 0.477. The van der Waals surface area contributed by atoms with Crippen molar-refractivity contribution in [2.24, 2.45) is 0 Å². The first kappa shape index (κ1) is 14.0. The minimum absolute atomic E-state index is 0.240. The van der Waals surface area contributed by atoms with Crippen LogP contribution < -0.4 is 5.32 Å². The number of aromatic nitrogens is 2. The molecular formula is C14H16N4O2S. The van der Waals surface area contributed by atoms with Crippen LogP contribution in [0.25, 0.3) is 0 Å². The first-order chi connectivity index (χ1) is 10.2. The van der Waals surface area contributed by atoms with Gasteiger partial charge in [-0.1, -0.05) is 0 Å². The molecule has 21 heavy (non-hydrogen) atoms. The first-order valence-electron chi connectivity index (χ1n) is 6.79. The molecule has 0 atom stereocenters. The van der Waals surface area contributed by atoms with E-state index in [0.29, 0.717) is 18.9 Å². The van der Waals surface area contributed by atoms with Crippen molar-refractivity contribution >= 4 is 21.5 Å². The van der Waals surface area contributed by atoms with Crippen molar-refractivity contribution in [2.45, 2.75) is 17.7 Å². The lowest BCUT2D eigenvalue weighted by atomic mass is 10.4. The molecule has 1 saturated heterocycles. The summed E-state index contributed by atoms with van der Waals surface area (Å²) in [6, 6.07) is 6.89. The summed E-state index contributed by atoms with van der Waals surface area (Å²) in [7, 11) is -3.40. The molecule has 3 heterocycles. The van der Waals surface area contributed by atoms with Crippen LogP contribution in [0, 0.1) is 0 Å². The molecule has 1 aliphatic heterocycles. The summed E-state index contributed by atoms with van der Waals surface area (Å²) in [6.07, 6.45) is 6.60. The first-order valence-corrected chi connectivity index (χ1v) is 8.23. The predicted octanol–water partition coefficient (Wildman–Crippen LogP) is 2.00. The number of rotatable bonds is 4. The Hall–Kier alpha value is -1.99. The number of pyridine rings is 2. The quantitative estimate of drug-likeness (QED) is 0.935. The van der Waals surface area contributed by atoms with Gasteiger partial charge < -0.3 is 5.32 Å². The Morgan fingerprint density at radius 3 is 2.38 bits per heavy atom. The molecule has 0 aliphatic carbocycles. The number of nitrogens with zero attached hydrogens (tertiary/aromatic N) is 3. The van der Waals surface area contributed by atoms with Gasteiger partial charge in [0.05, 0.1) is 0 Å². The maximum Gasteiger partial charge on any atom is 0.244 e. The molecule has 1 fully saturated rings. The molecule has 0 aromatic carbocycles. The molecule has 2 aromatic heterocycles. The van der Waals surface area contributed by atoms with Gasteiger partial charge in [-0.2, -0.15) is 4.31 Å². The summed E-state index contributed by atoms with van der Waals surface area (Å²) in [6.45, 7) is 1.19. The van der Waals surface area contributed by atoms with Gasteiger partial charge in [-0.15, -0.1) is 0 Å². The minimum Gasteiger partial charge on any atom is -0.340 e. The minimum atomic E-state index is -3.40. The molecule has 1 N–H and O–H groups in total. The maximum atomic E-state index is 12.4. The average molecular weight is 304 g/mol. The van der Waals surface area contributed by atoms with E-state index >= 15 is 0 Å². The normalized spacial score (nSPS) is 16.0. The Morgan fingerprint density at radius 2 is 1.76 bits per heavy atom. The van der Waals surface area contributed by atoms with Gasteiger partial charge in [-0.25, -0.2) is 13.4 Å². The van der Waals surface area contributed by atoms with E-state index in [2.05, 4.69) is 15.3 Å². The Labute approximate surface area is 123 Å². The van der Waals surface area contributed by atoms with E-state index in [4.69, 9.17) is 0 Å². The molecule has 0 amide bonds. The maximum absolute atomic E-state index is 12.4. The van der Waals surface area contributed by atoms with Crippen LogP contribution in [-0.2, 0) is 10.0 Å². The second kappa shape index (κ2) is 5.79. The number of hydrogen-bond donors (Lipinski definition) is 1. The summed E-state index contributed by atoms with van der Waals surface area (Å²) in [5.41, 5.74) is 0.854. The van der Waals surface area contributed by atoms with E-state index in [1.54, 1.807) is 24.5 Å². The van der Waals surface area contributed by atoms with Gasteiger partial charge in [0.2, 0.25) is 10.0 Å². The van der Waals surface area contributed by atoms with Gasteiger partial charge in [0.25, 0.3) is 0 Å². The van der Waals surface area contributed by atoms with Crippen LogP contribution in [0.4, 0.5) is 11.5 Å². The molecule has 0 saturated carbocycles. The van der Waals surface area contributed by atoms with Crippen LogP contribution >= 0.6 is 0 Å². The molecule has 2 aromatic rings. The highest BCUT2D eigenvalue weighted by molar-refractivity contribution is 7.89. The third-order valence-corrected chi connectivity index (χ3v) is 5.27. The van der Waals surface area contributed by atoms with Gasteiger partial charge in [-0.3, -0.25) is 4.98 Å². The van der Waals surface area contributed by atoms with Crippen molar-refractivity contribution in [3.63, 3.8) is 0 Å². The average Bonchev–Trinajstić information content (AvgIpc) is 3.04. The molecule has 3 rings (SSSR count). The van der Waals surface area contributed by atoms with E-state index in [9.17, 15) is 8.42 Å². The van der Waals surface area contributed by atoms with Crippen molar-refractivity contribution in [2.75, 3.05) is 18.4 Å². The largest absolute Gasteiger partial charge is 0.340 e. The van der Waals surface area contributed by atoms with E-state index in [1.165, 1.54) is 10.5 Å². The van der Waals surface area contributed by atoms with Crippen LogP contribution in [0.2, 0.25) is 0 Å². The molecule has 7 heteroatoms.